The van der Waals surface area contributed by atoms with Crippen LogP contribution in [0.25, 0.3) is 0 Å². The molecule has 18 heavy (non-hydrogen) atoms. The molecule has 1 aliphatic heterocycles. The zero-order chi connectivity index (χ0) is 13.3. The maximum atomic E-state index is 10.9. The molecule has 2 heterocycles. The Morgan fingerprint density at radius 2 is 2.33 bits per heavy atom. The molecular formula is C11H13N3O4. The number of fused-ring (bicyclic) bond motifs is 1. The Kier molecular flexibility index (Phi) is 3.15. The predicted octanol–water partition coefficient (Wildman–Crippen LogP) is 0.580. The van der Waals surface area contributed by atoms with Gasteiger partial charge in [0.15, 0.2) is 0 Å². The third-order valence-electron chi connectivity index (χ3n) is 2.79. The van der Waals surface area contributed by atoms with Crippen molar-refractivity contribution < 1.29 is 19.7 Å². The summed E-state index contributed by atoms with van der Waals surface area (Å²) in [5, 5.41) is 26.3. The standard InChI is InChI=1S/C11H13N3O4/c1-18-10(12)7-3-2-6-4-14(11(16)17)5-8(15)9(6)13-7/h2-3,8,12,15H,4-5H2,1H3,(H,16,17). The van der Waals surface area contributed by atoms with Crippen LogP contribution < -0.4 is 0 Å². The molecular weight excluding hydrogens is 238 g/mol. The maximum absolute atomic E-state index is 10.9. The van der Waals surface area contributed by atoms with Gasteiger partial charge in [-0.3, -0.25) is 5.41 Å². The minimum absolute atomic E-state index is 0.0148. The van der Waals surface area contributed by atoms with Crippen LogP contribution in [0.1, 0.15) is 23.1 Å². The van der Waals surface area contributed by atoms with Gasteiger partial charge in [0.2, 0.25) is 5.90 Å². The highest BCUT2D eigenvalue weighted by Gasteiger charge is 2.28. The average molecular weight is 251 g/mol. The number of rotatable bonds is 1. The number of aliphatic hydroxyl groups is 1. The first-order valence-electron chi connectivity index (χ1n) is 5.31. The fraction of sp³-hybridized carbons (Fsp3) is 0.364. The summed E-state index contributed by atoms with van der Waals surface area (Å²) in [5.74, 6) is -0.0920. The third kappa shape index (κ3) is 2.12. The number of methoxy groups -OCH3 is 1. The number of nitrogens with one attached hydrogen (secondary N) is 1. The second kappa shape index (κ2) is 4.61. The van der Waals surface area contributed by atoms with E-state index in [4.69, 9.17) is 15.3 Å². The minimum atomic E-state index is -1.08. The maximum Gasteiger partial charge on any atom is 0.407 e. The molecule has 1 aliphatic rings. The van der Waals surface area contributed by atoms with Gasteiger partial charge in [0.1, 0.15) is 11.8 Å². The van der Waals surface area contributed by atoms with Crippen LogP contribution in [0.3, 0.4) is 0 Å². The molecule has 7 nitrogen and oxygen atoms in total. The average Bonchev–Trinajstić information content (AvgIpc) is 2.37. The fourth-order valence-corrected chi connectivity index (χ4v) is 1.87. The summed E-state index contributed by atoms with van der Waals surface area (Å²) in [6.45, 7) is 0.175. The van der Waals surface area contributed by atoms with Crippen molar-refractivity contribution in [1.82, 2.24) is 9.88 Å². The fourth-order valence-electron chi connectivity index (χ4n) is 1.87. The smallest absolute Gasteiger partial charge is 0.407 e. The molecule has 0 aromatic carbocycles. The van der Waals surface area contributed by atoms with Gasteiger partial charge in [-0.15, -0.1) is 0 Å². The first-order valence-corrected chi connectivity index (χ1v) is 5.31. The molecule has 2 rings (SSSR count). The van der Waals surface area contributed by atoms with Crippen molar-refractivity contribution in [3.05, 3.63) is 29.1 Å². The summed E-state index contributed by atoms with van der Waals surface area (Å²) in [6, 6.07) is 3.23. The van der Waals surface area contributed by atoms with E-state index in [9.17, 15) is 9.90 Å². The van der Waals surface area contributed by atoms with E-state index in [1.54, 1.807) is 12.1 Å². The van der Waals surface area contributed by atoms with Gasteiger partial charge in [-0.2, -0.15) is 0 Å². The van der Waals surface area contributed by atoms with Crippen molar-refractivity contribution in [2.75, 3.05) is 13.7 Å². The number of nitrogens with zero attached hydrogens (tertiary/aromatic N) is 2. The Hall–Kier alpha value is -2.15. The molecule has 0 saturated carbocycles. The van der Waals surface area contributed by atoms with Gasteiger partial charge in [0.05, 0.1) is 25.9 Å². The lowest BCUT2D eigenvalue weighted by molar-refractivity contribution is 0.0791. The molecule has 1 aromatic heterocycles. The van der Waals surface area contributed by atoms with Crippen LogP contribution in [0.2, 0.25) is 0 Å². The highest BCUT2D eigenvalue weighted by atomic mass is 16.5. The van der Waals surface area contributed by atoms with E-state index in [0.29, 0.717) is 17.0 Å². The van der Waals surface area contributed by atoms with E-state index in [2.05, 4.69) is 4.98 Å². The normalized spacial score (nSPS) is 18.1. The van der Waals surface area contributed by atoms with Crippen LogP contribution in [-0.4, -0.2) is 45.7 Å². The number of carbonyl (C=O) groups is 1. The van der Waals surface area contributed by atoms with Crippen molar-refractivity contribution in [3.63, 3.8) is 0 Å². The molecule has 0 saturated heterocycles. The second-order valence-corrected chi connectivity index (χ2v) is 3.95. The Morgan fingerprint density at radius 3 is 2.94 bits per heavy atom. The number of hydrogen-bond acceptors (Lipinski definition) is 5. The molecule has 0 fully saturated rings. The topological polar surface area (TPSA) is 107 Å². The largest absolute Gasteiger partial charge is 0.480 e. The third-order valence-corrected chi connectivity index (χ3v) is 2.79. The van der Waals surface area contributed by atoms with Crippen molar-refractivity contribution >= 4 is 12.0 Å². The summed E-state index contributed by atoms with van der Waals surface area (Å²) in [4.78, 5) is 16.1. The van der Waals surface area contributed by atoms with Crippen LogP contribution in [0, 0.1) is 5.41 Å². The zero-order valence-electron chi connectivity index (χ0n) is 9.75. The van der Waals surface area contributed by atoms with Crippen LogP contribution in [0.4, 0.5) is 4.79 Å². The summed E-state index contributed by atoms with van der Waals surface area (Å²) in [5.41, 5.74) is 1.37. The van der Waals surface area contributed by atoms with E-state index < -0.39 is 12.2 Å². The number of amides is 1. The van der Waals surface area contributed by atoms with E-state index in [-0.39, 0.29) is 19.0 Å². The van der Waals surface area contributed by atoms with Gasteiger partial charge in [0.25, 0.3) is 0 Å². The number of pyridine rings is 1. The highest BCUT2D eigenvalue weighted by molar-refractivity contribution is 5.89. The Bertz CT molecular complexity index is 503. The summed E-state index contributed by atoms with van der Waals surface area (Å²) < 4.78 is 4.76. The van der Waals surface area contributed by atoms with Gasteiger partial charge in [-0.25, -0.2) is 9.78 Å². The molecule has 0 spiro atoms. The van der Waals surface area contributed by atoms with Gasteiger partial charge < -0.3 is 19.8 Å². The number of aromatic nitrogens is 1. The highest BCUT2D eigenvalue weighted by Crippen LogP contribution is 2.25. The molecule has 96 valence electrons. The van der Waals surface area contributed by atoms with Crippen LogP contribution in [0.15, 0.2) is 12.1 Å². The van der Waals surface area contributed by atoms with E-state index in [0.717, 1.165) is 4.90 Å². The molecule has 3 N–H and O–H groups in total. The Balaban J connectivity index is 2.35. The van der Waals surface area contributed by atoms with E-state index in [1.165, 1.54) is 7.11 Å². The zero-order valence-corrected chi connectivity index (χ0v) is 9.75. The lowest BCUT2D eigenvalue weighted by atomic mass is 10.0. The summed E-state index contributed by atoms with van der Waals surface area (Å²) >= 11 is 0. The molecule has 0 aliphatic carbocycles. The minimum Gasteiger partial charge on any atom is -0.480 e. The van der Waals surface area contributed by atoms with E-state index in [1.807, 2.05) is 0 Å². The van der Waals surface area contributed by atoms with Crippen LogP contribution in [0.5, 0.6) is 0 Å². The molecule has 1 unspecified atom stereocenters. The number of β-amino-alcohol motifs (C(OH)–C–C–N with tert-alkyl or cyclic N) is 1. The van der Waals surface area contributed by atoms with Crippen molar-refractivity contribution in [2.45, 2.75) is 12.6 Å². The Morgan fingerprint density at radius 1 is 1.61 bits per heavy atom. The van der Waals surface area contributed by atoms with Gasteiger partial charge in [-0.05, 0) is 11.6 Å². The van der Waals surface area contributed by atoms with Crippen LogP contribution in [-0.2, 0) is 11.3 Å². The SMILES string of the molecule is COC(=N)c1ccc2c(n1)C(O)CN(C(=O)O)C2. The number of carboxylic acid groups (broad SMARTS) is 1. The van der Waals surface area contributed by atoms with Crippen LogP contribution >= 0.6 is 0 Å². The van der Waals surface area contributed by atoms with Gasteiger partial charge in [-0.1, -0.05) is 6.07 Å². The Labute approximate surface area is 103 Å². The lowest BCUT2D eigenvalue weighted by Crippen LogP contribution is -2.38. The molecule has 7 heteroatoms. The van der Waals surface area contributed by atoms with Crippen molar-refractivity contribution in [3.8, 4) is 0 Å². The van der Waals surface area contributed by atoms with E-state index >= 15 is 0 Å². The second-order valence-electron chi connectivity index (χ2n) is 3.95. The number of aliphatic hydroxyl groups excluding tert-OH is 1. The van der Waals surface area contributed by atoms with Crippen molar-refractivity contribution in [1.29, 1.82) is 5.41 Å². The summed E-state index contributed by atoms with van der Waals surface area (Å²) in [6.07, 6.45) is -2.05. The summed E-state index contributed by atoms with van der Waals surface area (Å²) in [7, 11) is 1.37. The molecule has 1 aromatic rings. The molecule has 0 bridgehead atoms. The first kappa shape index (κ1) is 12.3. The number of hydrogen-bond donors (Lipinski definition) is 3. The van der Waals surface area contributed by atoms with Crippen molar-refractivity contribution in [2.24, 2.45) is 0 Å². The molecule has 0 radical (unpaired) electrons. The predicted molar refractivity (Wildman–Crippen MR) is 61.5 cm³/mol. The lowest BCUT2D eigenvalue weighted by Gasteiger charge is -2.29. The first-order chi connectivity index (χ1) is 8.52. The molecule has 1 atom stereocenters. The molecule has 1 amide bonds. The monoisotopic (exact) mass is 251 g/mol. The van der Waals surface area contributed by atoms with Gasteiger partial charge >= 0.3 is 6.09 Å². The quantitative estimate of drug-likeness (QED) is 0.500. The van der Waals surface area contributed by atoms with Gasteiger partial charge in [0, 0.05) is 0 Å². The number of ether oxygens (including phenoxy) is 1.